The second kappa shape index (κ2) is 10.8. The monoisotopic (exact) mass is 482 g/mol. The van der Waals surface area contributed by atoms with Gasteiger partial charge in [-0.2, -0.15) is 0 Å². The predicted octanol–water partition coefficient (Wildman–Crippen LogP) is 1.27. The topological polar surface area (TPSA) is 83.0 Å². The lowest BCUT2D eigenvalue weighted by molar-refractivity contribution is 0.129. The van der Waals surface area contributed by atoms with Crippen LogP contribution < -0.4 is 14.8 Å². The van der Waals surface area contributed by atoms with E-state index in [4.69, 9.17) is 4.74 Å². The van der Waals surface area contributed by atoms with Gasteiger partial charge in [-0.05, 0) is 12.1 Å². The highest BCUT2D eigenvalue weighted by Gasteiger charge is 2.22. The van der Waals surface area contributed by atoms with E-state index in [1.54, 1.807) is 7.05 Å². The number of halogens is 1. The minimum Gasteiger partial charge on any atom is -0.490 e. The summed E-state index contributed by atoms with van der Waals surface area (Å²) in [6.45, 7) is 2.55. The van der Waals surface area contributed by atoms with Crippen molar-refractivity contribution in [2.75, 3.05) is 39.5 Å². The molecular weight excluding hydrogens is 455 g/mol. The quantitative estimate of drug-likeness (QED) is 0.276. The second-order valence-electron chi connectivity index (χ2n) is 5.76. The fourth-order valence-corrected chi connectivity index (χ4v) is 3.09. The largest absolute Gasteiger partial charge is 0.490 e. The highest BCUT2D eigenvalue weighted by atomic mass is 127. The summed E-state index contributed by atoms with van der Waals surface area (Å²) in [4.78, 5) is 6.44. The Morgan fingerprint density at radius 2 is 1.88 bits per heavy atom. The van der Waals surface area contributed by atoms with Crippen LogP contribution in [0, 0.1) is 0 Å². The number of likely N-dealkylation sites (tertiary alicyclic amines) is 1. The van der Waals surface area contributed by atoms with Crippen LogP contribution in [0.1, 0.15) is 12.8 Å². The van der Waals surface area contributed by atoms with Gasteiger partial charge in [-0.3, -0.25) is 4.99 Å². The lowest BCUT2D eigenvalue weighted by Crippen LogP contribution is -2.48. The third-order valence-electron chi connectivity index (χ3n) is 3.77. The number of hydrogen-bond acceptors (Lipinski definition) is 4. The first-order valence-corrected chi connectivity index (χ1v) is 9.99. The van der Waals surface area contributed by atoms with Gasteiger partial charge in [0.1, 0.15) is 11.9 Å². The molecule has 1 aliphatic heterocycles. The van der Waals surface area contributed by atoms with Crippen LogP contribution in [0.15, 0.2) is 35.3 Å². The molecule has 0 amide bonds. The first kappa shape index (κ1) is 22.0. The summed E-state index contributed by atoms with van der Waals surface area (Å²) in [6.07, 6.45) is 3.22. The van der Waals surface area contributed by atoms with Crippen LogP contribution in [0.5, 0.6) is 5.75 Å². The zero-order valence-electron chi connectivity index (χ0n) is 14.6. The number of benzene rings is 1. The Labute approximate surface area is 167 Å². The average molecular weight is 482 g/mol. The van der Waals surface area contributed by atoms with E-state index in [1.807, 2.05) is 30.3 Å². The van der Waals surface area contributed by atoms with Crippen LogP contribution in [-0.2, 0) is 10.0 Å². The molecule has 0 radical (unpaired) electrons. The van der Waals surface area contributed by atoms with Crippen molar-refractivity contribution in [1.29, 1.82) is 0 Å². The van der Waals surface area contributed by atoms with Crippen molar-refractivity contribution in [2.24, 2.45) is 4.99 Å². The Bertz CT molecular complexity index is 632. The average Bonchev–Trinajstić information content (AvgIpc) is 2.56. The van der Waals surface area contributed by atoms with Gasteiger partial charge in [0.25, 0.3) is 0 Å². The number of guanidine groups is 1. The molecule has 2 rings (SSSR count). The second-order valence-corrected chi connectivity index (χ2v) is 7.59. The van der Waals surface area contributed by atoms with E-state index < -0.39 is 10.0 Å². The molecule has 1 fully saturated rings. The summed E-state index contributed by atoms with van der Waals surface area (Å²) in [6, 6.07) is 9.87. The fourth-order valence-electron chi connectivity index (χ4n) is 2.62. The van der Waals surface area contributed by atoms with E-state index in [1.165, 1.54) is 0 Å². The maximum Gasteiger partial charge on any atom is 0.208 e. The molecule has 0 aliphatic carbocycles. The van der Waals surface area contributed by atoms with Crippen LogP contribution in [0.2, 0.25) is 0 Å². The molecular formula is C16H27IN4O3S. The minimum atomic E-state index is -3.15. The summed E-state index contributed by atoms with van der Waals surface area (Å²) < 4.78 is 30.5. The van der Waals surface area contributed by atoms with Gasteiger partial charge in [0.05, 0.1) is 6.26 Å². The Morgan fingerprint density at radius 3 is 2.44 bits per heavy atom. The standard InChI is InChI=1S/C16H26N4O3S.HI/c1-17-16(18-10-11-19-24(2,21)22)20-12-8-15(9-13-20)23-14-6-4-3-5-7-14;/h3-7,15,19H,8-13H2,1-2H3,(H,17,18);1H. The molecule has 0 atom stereocenters. The van der Waals surface area contributed by atoms with Gasteiger partial charge < -0.3 is 15.0 Å². The van der Waals surface area contributed by atoms with Crippen LogP contribution in [0.3, 0.4) is 0 Å². The number of hydrogen-bond donors (Lipinski definition) is 2. The molecule has 7 nitrogen and oxygen atoms in total. The van der Waals surface area contributed by atoms with Gasteiger partial charge in [-0.15, -0.1) is 24.0 Å². The number of para-hydroxylation sites is 1. The molecule has 0 spiro atoms. The Morgan fingerprint density at radius 1 is 1.24 bits per heavy atom. The third kappa shape index (κ3) is 8.23. The van der Waals surface area contributed by atoms with Crippen molar-refractivity contribution >= 4 is 40.0 Å². The van der Waals surface area contributed by atoms with E-state index >= 15 is 0 Å². The van der Waals surface area contributed by atoms with E-state index in [0.29, 0.717) is 13.1 Å². The summed E-state index contributed by atoms with van der Waals surface area (Å²) in [5.74, 6) is 1.70. The van der Waals surface area contributed by atoms with Gasteiger partial charge in [0, 0.05) is 46.1 Å². The highest BCUT2D eigenvalue weighted by molar-refractivity contribution is 14.0. The SMILES string of the molecule is CN=C(NCCNS(C)(=O)=O)N1CCC(Oc2ccccc2)CC1.I. The van der Waals surface area contributed by atoms with Crippen LogP contribution in [-0.4, -0.2) is 64.9 Å². The molecule has 142 valence electrons. The molecule has 1 saturated heterocycles. The molecule has 2 N–H and O–H groups in total. The molecule has 0 bridgehead atoms. The van der Waals surface area contributed by atoms with Crippen molar-refractivity contribution in [3.63, 3.8) is 0 Å². The molecule has 25 heavy (non-hydrogen) atoms. The van der Waals surface area contributed by atoms with Gasteiger partial charge in [0.2, 0.25) is 10.0 Å². The molecule has 0 unspecified atom stereocenters. The Hall–Kier alpha value is -1.07. The summed E-state index contributed by atoms with van der Waals surface area (Å²) in [7, 11) is -1.42. The number of nitrogens with zero attached hydrogens (tertiary/aromatic N) is 2. The number of nitrogens with one attached hydrogen (secondary N) is 2. The van der Waals surface area contributed by atoms with Crippen LogP contribution in [0.4, 0.5) is 0 Å². The van der Waals surface area contributed by atoms with E-state index in [9.17, 15) is 8.42 Å². The maximum absolute atomic E-state index is 11.0. The van der Waals surface area contributed by atoms with Gasteiger partial charge in [-0.25, -0.2) is 13.1 Å². The third-order valence-corrected chi connectivity index (χ3v) is 4.50. The summed E-state index contributed by atoms with van der Waals surface area (Å²) in [5, 5.41) is 3.18. The first-order valence-electron chi connectivity index (χ1n) is 8.10. The predicted molar refractivity (Wildman–Crippen MR) is 111 cm³/mol. The lowest BCUT2D eigenvalue weighted by atomic mass is 10.1. The summed E-state index contributed by atoms with van der Waals surface area (Å²) in [5.41, 5.74) is 0. The van der Waals surface area contributed by atoms with Crippen molar-refractivity contribution in [3.8, 4) is 5.75 Å². The Balaban J connectivity index is 0.00000312. The maximum atomic E-state index is 11.0. The molecule has 9 heteroatoms. The molecule has 1 aromatic rings. The van der Waals surface area contributed by atoms with Crippen molar-refractivity contribution < 1.29 is 13.2 Å². The molecule has 0 saturated carbocycles. The Kier molecular flexibility index (Phi) is 9.51. The van der Waals surface area contributed by atoms with Crippen molar-refractivity contribution in [1.82, 2.24) is 14.9 Å². The summed E-state index contributed by atoms with van der Waals surface area (Å²) >= 11 is 0. The fraction of sp³-hybridized carbons (Fsp3) is 0.562. The zero-order valence-corrected chi connectivity index (χ0v) is 17.8. The number of aliphatic imine (C=N–C) groups is 1. The lowest BCUT2D eigenvalue weighted by Gasteiger charge is -2.34. The zero-order chi connectivity index (χ0) is 17.4. The highest BCUT2D eigenvalue weighted by Crippen LogP contribution is 2.18. The molecule has 1 aliphatic rings. The first-order chi connectivity index (χ1) is 11.5. The van der Waals surface area contributed by atoms with E-state index in [2.05, 4.69) is 19.9 Å². The van der Waals surface area contributed by atoms with Crippen LogP contribution >= 0.6 is 24.0 Å². The van der Waals surface area contributed by atoms with Crippen molar-refractivity contribution in [3.05, 3.63) is 30.3 Å². The van der Waals surface area contributed by atoms with E-state index in [-0.39, 0.29) is 30.1 Å². The van der Waals surface area contributed by atoms with Gasteiger partial charge in [-0.1, -0.05) is 18.2 Å². The molecule has 1 heterocycles. The number of ether oxygens (including phenoxy) is 1. The molecule has 0 aromatic heterocycles. The van der Waals surface area contributed by atoms with Gasteiger partial charge >= 0.3 is 0 Å². The van der Waals surface area contributed by atoms with Crippen LogP contribution in [0.25, 0.3) is 0 Å². The smallest absolute Gasteiger partial charge is 0.208 e. The molecule has 1 aromatic carbocycles. The normalized spacial score (nSPS) is 16.2. The number of piperidine rings is 1. The van der Waals surface area contributed by atoms with E-state index in [0.717, 1.165) is 43.9 Å². The number of sulfonamides is 1. The minimum absolute atomic E-state index is 0. The van der Waals surface area contributed by atoms with Crippen molar-refractivity contribution in [2.45, 2.75) is 18.9 Å². The van der Waals surface area contributed by atoms with Gasteiger partial charge in [0.15, 0.2) is 5.96 Å². The number of rotatable bonds is 6.